The maximum atomic E-state index is 11.8. The fourth-order valence-corrected chi connectivity index (χ4v) is 4.56. The van der Waals surface area contributed by atoms with Crippen molar-refractivity contribution >= 4 is 5.97 Å². The van der Waals surface area contributed by atoms with E-state index in [1.54, 1.807) is 0 Å². The lowest BCUT2D eigenvalue weighted by atomic mass is 10.0. The SMILES string of the molecule is CCCCCCCCCCCCCCCCCC(=O)OCCCCCC(N)CCCCCC. The van der Waals surface area contributed by atoms with Gasteiger partial charge in [-0.1, -0.05) is 142 Å². The first-order valence-electron chi connectivity index (χ1n) is 15.1. The van der Waals surface area contributed by atoms with Gasteiger partial charge in [0.15, 0.2) is 0 Å². The third kappa shape index (κ3) is 27.6. The lowest BCUT2D eigenvalue weighted by Gasteiger charge is -2.11. The Morgan fingerprint density at radius 2 is 0.909 bits per heavy atom. The Hall–Kier alpha value is -0.570. The summed E-state index contributed by atoms with van der Waals surface area (Å²) in [5, 5.41) is 0. The lowest BCUT2D eigenvalue weighted by molar-refractivity contribution is -0.143. The van der Waals surface area contributed by atoms with Crippen molar-refractivity contribution in [1.29, 1.82) is 0 Å². The Labute approximate surface area is 208 Å². The number of carbonyl (C=O) groups is 1. The molecule has 0 amide bonds. The van der Waals surface area contributed by atoms with Gasteiger partial charge in [-0.3, -0.25) is 4.79 Å². The van der Waals surface area contributed by atoms with Gasteiger partial charge in [-0.2, -0.15) is 0 Å². The molecule has 0 saturated heterocycles. The topological polar surface area (TPSA) is 52.3 Å². The Morgan fingerprint density at radius 3 is 1.36 bits per heavy atom. The molecule has 198 valence electrons. The highest BCUT2D eigenvalue weighted by Crippen LogP contribution is 2.14. The molecule has 0 aliphatic rings. The second-order valence-electron chi connectivity index (χ2n) is 10.4. The first-order chi connectivity index (χ1) is 16.2. The van der Waals surface area contributed by atoms with Crippen LogP contribution in [0.25, 0.3) is 0 Å². The number of unbranched alkanes of at least 4 members (excludes halogenated alkanes) is 19. The fraction of sp³-hybridized carbons (Fsp3) is 0.967. The van der Waals surface area contributed by atoms with Crippen molar-refractivity contribution in [2.75, 3.05) is 6.61 Å². The predicted molar refractivity (Wildman–Crippen MR) is 146 cm³/mol. The van der Waals surface area contributed by atoms with Crippen LogP contribution in [0.5, 0.6) is 0 Å². The van der Waals surface area contributed by atoms with Gasteiger partial charge in [0.2, 0.25) is 0 Å². The van der Waals surface area contributed by atoms with Crippen LogP contribution in [-0.2, 0) is 9.53 Å². The molecule has 0 saturated carbocycles. The molecule has 1 unspecified atom stereocenters. The molecule has 0 aromatic carbocycles. The van der Waals surface area contributed by atoms with Crippen LogP contribution >= 0.6 is 0 Å². The van der Waals surface area contributed by atoms with Crippen LogP contribution in [0.2, 0.25) is 0 Å². The number of hydrogen-bond donors (Lipinski definition) is 1. The Morgan fingerprint density at radius 1 is 0.545 bits per heavy atom. The normalized spacial score (nSPS) is 12.2. The second-order valence-corrected chi connectivity index (χ2v) is 10.4. The number of ether oxygens (including phenoxy) is 1. The molecule has 2 N–H and O–H groups in total. The van der Waals surface area contributed by atoms with Crippen LogP contribution in [0.4, 0.5) is 0 Å². The van der Waals surface area contributed by atoms with Crippen molar-refractivity contribution in [2.45, 2.75) is 180 Å². The Kier molecular flexibility index (Phi) is 27.2. The van der Waals surface area contributed by atoms with E-state index >= 15 is 0 Å². The van der Waals surface area contributed by atoms with Crippen LogP contribution < -0.4 is 5.73 Å². The van der Waals surface area contributed by atoms with Crippen molar-refractivity contribution in [3.63, 3.8) is 0 Å². The zero-order valence-corrected chi connectivity index (χ0v) is 22.9. The maximum Gasteiger partial charge on any atom is 0.305 e. The van der Waals surface area contributed by atoms with E-state index in [9.17, 15) is 4.79 Å². The summed E-state index contributed by atoms with van der Waals surface area (Å²) in [6.07, 6.45) is 31.6. The van der Waals surface area contributed by atoms with Gasteiger partial charge in [0, 0.05) is 12.5 Å². The fourth-order valence-electron chi connectivity index (χ4n) is 4.56. The minimum absolute atomic E-state index is 0.00248. The van der Waals surface area contributed by atoms with E-state index in [1.807, 2.05) is 0 Å². The predicted octanol–water partition coefficient (Wildman–Crippen LogP) is 9.65. The molecule has 0 heterocycles. The summed E-state index contributed by atoms with van der Waals surface area (Å²) >= 11 is 0. The number of rotatable bonds is 27. The summed E-state index contributed by atoms with van der Waals surface area (Å²) in [5.41, 5.74) is 6.18. The summed E-state index contributed by atoms with van der Waals surface area (Å²) < 4.78 is 5.39. The molecule has 0 fully saturated rings. The number of carbonyl (C=O) groups excluding carboxylic acids is 1. The molecule has 0 bridgehead atoms. The lowest BCUT2D eigenvalue weighted by Crippen LogP contribution is -2.19. The largest absolute Gasteiger partial charge is 0.466 e. The first-order valence-corrected chi connectivity index (χ1v) is 15.1. The highest BCUT2D eigenvalue weighted by Gasteiger charge is 2.04. The minimum atomic E-state index is -0.00248. The average molecular weight is 468 g/mol. The quantitative estimate of drug-likeness (QED) is 0.0966. The third-order valence-corrected chi connectivity index (χ3v) is 6.90. The molecule has 0 aliphatic heterocycles. The van der Waals surface area contributed by atoms with Crippen LogP contribution in [0, 0.1) is 0 Å². The van der Waals surface area contributed by atoms with Gasteiger partial charge < -0.3 is 10.5 Å². The number of esters is 1. The highest BCUT2D eigenvalue weighted by molar-refractivity contribution is 5.69. The van der Waals surface area contributed by atoms with Gasteiger partial charge in [0.05, 0.1) is 6.61 Å². The second kappa shape index (κ2) is 27.7. The van der Waals surface area contributed by atoms with Crippen LogP contribution in [0.15, 0.2) is 0 Å². The van der Waals surface area contributed by atoms with E-state index in [-0.39, 0.29) is 5.97 Å². The molecule has 0 spiro atoms. The zero-order valence-electron chi connectivity index (χ0n) is 22.9. The molecular formula is C30H61NO2. The first kappa shape index (κ1) is 32.4. The molecule has 33 heavy (non-hydrogen) atoms. The average Bonchev–Trinajstić information content (AvgIpc) is 2.81. The van der Waals surface area contributed by atoms with Crippen LogP contribution in [0.3, 0.4) is 0 Å². The molecule has 3 nitrogen and oxygen atoms in total. The molecule has 0 rings (SSSR count). The van der Waals surface area contributed by atoms with E-state index in [0.29, 0.717) is 19.1 Å². The van der Waals surface area contributed by atoms with E-state index in [0.717, 1.165) is 38.5 Å². The van der Waals surface area contributed by atoms with E-state index in [1.165, 1.54) is 116 Å². The summed E-state index contributed by atoms with van der Waals surface area (Å²) in [4.78, 5) is 11.8. The monoisotopic (exact) mass is 467 g/mol. The van der Waals surface area contributed by atoms with Crippen molar-refractivity contribution in [1.82, 2.24) is 0 Å². The minimum Gasteiger partial charge on any atom is -0.466 e. The Bertz CT molecular complexity index is 385. The third-order valence-electron chi connectivity index (χ3n) is 6.90. The Balaban J connectivity index is 3.22. The van der Waals surface area contributed by atoms with Gasteiger partial charge in [0.1, 0.15) is 0 Å². The molecule has 1 atom stereocenters. The van der Waals surface area contributed by atoms with Gasteiger partial charge in [-0.15, -0.1) is 0 Å². The summed E-state index contributed by atoms with van der Waals surface area (Å²) in [5.74, 6) is -0.00248. The van der Waals surface area contributed by atoms with Crippen molar-refractivity contribution in [3.8, 4) is 0 Å². The van der Waals surface area contributed by atoms with Crippen molar-refractivity contribution in [3.05, 3.63) is 0 Å². The maximum absolute atomic E-state index is 11.8. The molecular weight excluding hydrogens is 406 g/mol. The molecule has 0 aromatic rings. The van der Waals surface area contributed by atoms with Crippen molar-refractivity contribution in [2.24, 2.45) is 5.73 Å². The van der Waals surface area contributed by atoms with E-state index < -0.39 is 0 Å². The zero-order chi connectivity index (χ0) is 24.2. The molecule has 0 aromatic heterocycles. The summed E-state index contributed by atoms with van der Waals surface area (Å²) in [6, 6.07) is 0.356. The number of nitrogens with two attached hydrogens (primary N) is 1. The molecule has 0 radical (unpaired) electrons. The van der Waals surface area contributed by atoms with Crippen molar-refractivity contribution < 1.29 is 9.53 Å². The number of hydrogen-bond acceptors (Lipinski definition) is 3. The molecule has 3 heteroatoms. The van der Waals surface area contributed by atoms with Gasteiger partial charge in [-0.05, 0) is 25.7 Å². The van der Waals surface area contributed by atoms with E-state index in [2.05, 4.69) is 13.8 Å². The van der Waals surface area contributed by atoms with Crippen LogP contribution in [-0.4, -0.2) is 18.6 Å². The van der Waals surface area contributed by atoms with Gasteiger partial charge in [-0.25, -0.2) is 0 Å². The standard InChI is InChI=1S/C30H61NO2/c1-3-5-7-9-10-11-12-13-14-15-16-17-18-19-23-27-30(32)33-28-24-20-22-26-29(31)25-21-8-6-4-2/h29H,3-28,31H2,1-2H3. The highest BCUT2D eigenvalue weighted by atomic mass is 16.5. The molecule has 0 aliphatic carbocycles. The summed E-state index contributed by atoms with van der Waals surface area (Å²) in [6.45, 7) is 5.11. The summed E-state index contributed by atoms with van der Waals surface area (Å²) in [7, 11) is 0. The smallest absolute Gasteiger partial charge is 0.305 e. The van der Waals surface area contributed by atoms with Gasteiger partial charge in [0.25, 0.3) is 0 Å². The van der Waals surface area contributed by atoms with Crippen LogP contribution in [0.1, 0.15) is 174 Å². The van der Waals surface area contributed by atoms with Gasteiger partial charge >= 0.3 is 5.97 Å². The van der Waals surface area contributed by atoms with E-state index in [4.69, 9.17) is 10.5 Å².